The third-order valence-electron chi connectivity index (χ3n) is 4.43. The number of hydrogen-bond acceptors (Lipinski definition) is 3. The normalized spacial score (nSPS) is 22.2. The van der Waals surface area contributed by atoms with Crippen LogP contribution in [0.3, 0.4) is 0 Å². The first-order chi connectivity index (χ1) is 9.39. The SMILES string of the molecule is CC(C)NC(C)(CCN(CC1CC1)CC1CC1)C(=O)O. The Labute approximate surface area is 122 Å². The van der Waals surface area contributed by atoms with E-state index < -0.39 is 11.5 Å². The molecule has 0 aliphatic heterocycles. The molecule has 0 radical (unpaired) electrons. The summed E-state index contributed by atoms with van der Waals surface area (Å²) >= 11 is 0. The average molecular weight is 282 g/mol. The van der Waals surface area contributed by atoms with Crippen LogP contribution in [0.1, 0.15) is 52.9 Å². The molecular weight excluding hydrogens is 252 g/mol. The van der Waals surface area contributed by atoms with Gasteiger partial charge in [-0.1, -0.05) is 0 Å². The predicted molar refractivity (Wildman–Crippen MR) is 80.8 cm³/mol. The minimum atomic E-state index is -0.806. The molecule has 0 aromatic heterocycles. The summed E-state index contributed by atoms with van der Waals surface area (Å²) in [6.07, 6.45) is 6.13. The molecule has 0 aromatic carbocycles. The van der Waals surface area contributed by atoms with E-state index in [4.69, 9.17) is 0 Å². The number of aliphatic carboxylic acids is 1. The van der Waals surface area contributed by atoms with Crippen LogP contribution < -0.4 is 5.32 Å². The molecule has 0 bridgehead atoms. The molecule has 0 amide bonds. The summed E-state index contributed by atoms with van der Waals surface area (Å²) < 4.78 is 0. The van der Waals surface area contributed by atoms with Crippen LogP contribution in [-0.2, 0) is 4.79 Å². The van der Waals surface area contributed by atoms with Gasteiger partial charge in [-0.05, 0) is 64.7 Å². The highest BCUT2D eigenvalue weighted by Crippen LogP contribution is 2.34. The highest BCUT2D eigenvalue weighted by molar-refractivity contribution is 5.78. The zero-order chi connectivity index (χ0) is 14.8. The molecule has 1 unspecified atom stereocenters. The van der Waals surface area contributed by atoms with Crippen molar-refractivity contribution >= 4 is 5.97 Å². The molecule has 4 heteroatoms. The van der Waals surface area contributed by atoms with Crippen LogP contribution in [0.4, 0.5) is 0 Å². The van der Waals surface area contributed by atoms with Crippen molar-refractivity contribution in [3.05, 3.63) is 0 Å². The van der Waals surface area contributed by atoms with Crippen LogP contribution in [0.25, 0.3) is 0 Å². The summed E-state index contributed by atoms with van der Waals surface area (Å²) in [5, 5.41) is 12.7. The molecule has 116 valence electrons. The van der Waals surface area contributed by atoms with Crippen LogP contribution in [0.5, 0.6) is 0 Å². The third-order valence-corrected chi connectivity index (χ3v) is 4.43. The van der Waals surface area contributed by atoms with Crippen molar-refractivity contribution in [3.8, 4) is 0 Å². The summed E-state index contributed by atoms with van der Waals surface area (Å²) in [6.45, 7) is 9.08. The number of rotatable bonds is 10. The Morgan fingerprint density at radius 3 is 2.10 bits per heavy atom. The number of carboxylic acid groups (broad SMARTS) is 1. The first-order valence-corrected chi connectivity index (χ1v) is 8.12. The Hall–Kier alpha value is -0.610. The minimum Gasteiger partial charge on any atom is -0.480 e. The molecular formula is C16H30N2O2. The van der Waals surface area contributed by atoms with E-state index in [-0.39, 0.29) is 6.04 Å². The molecule has 1 atom stereocenters. The van der Waals surface area contributed by atoms with Gasteiger partial charge in [-0.15, -0.1) is 0 Å². The van der Waals surface area contributed by atoms with Crippen molar-refractivity contribution in [2.75, 3.05) is 19.6 Å². The molecule has 2 aliphatic rings. The topological polar surface area (TPSA) is 52.6 Å². The Bertz CT molecular complexity index is 323. The molecule has 0 saturated heterocycles. The second-order valence-corrected chi connectivity index (χ2v) is 7.33. The summed E-state index contributed by atoms with van der Waals surface area (Å²) in [5.41, 5.74) is -0.806. The van der Waals surface area contributed by atoms with Crippen molar-refractivity contribution in [2.24, 2.45) is 11.8 Å². The number of nitrogens with zero attached hydrogens (tertiary/aromatic N) is 1. The van der Waals surface area contributed by atoms with Gasteiger partial charge in [0.15, 0.2) is 0 Å². The largest absolute Gasteiger partial charge is 0.480 e. The molecule has 20 heavy (non-hydrogen) atoms. The molecule has 0 heterocycles. The number of hydrogen-bond donors (Lipinski definition) is 2. The Morgan fingerprint density at radius 2 is 1.75 bits per heavy atom. The lowest BCUT2D eigenvalue weighted by Gasteiger charge is -2.32. The van der Waals surface area contributed by atoms with E-state index in [9.17, 15) is 9.90 Å². The maximum atomic E-state index is 11.6. The van der Waals surface area contributed by atoms with Gasteiger partial charge in [0.2, 0.25) is 0 Å². The maximum Gasteiger partial charge on any atom is 0.323 e. The molecule has 2 rings (SSSR count). The van der Waals surface area contributed by atoms with Crippen LogP contribution in [0, 0.1) is 11.8 Å². The Balaban J connectivity index is 1.85. The second kappa shape index (κ2) is 6.44. The average Bonchev–Trinajstić information content (AvgIpc) is 3.20. The third kappa shape index (κ3) is 5.06. The molecule has 2 aliphatic carbocycles. The van der Waals surface area contributed by atoms with E-state index in [1.54, 1.807) is 0 Å². The number of nitrogens with one attached hydrogen (secondary N) is 1. The zero-order valence-corrected chi connectivity index (χ0v) is 13.2. The molecule has 2 fully saturated rings. The predicted octanol–water partition coefficient (Wildman–Crippen LogP) is 2.34. The fraction of sp³-hybridized carbons (Fsp3) is 0.938. The summed E-state index contributed by atoms with van der Waals surface area (Å²) in [4.78, 5) is 14.1. The Morgan fingerprint density at radius 1 is 1.25 bits per heavy atom. The zero-order valence-electron chi connectivity index (χ0n) is 13.2. The Kier molecular flexibility index (Phi) is 5.08. The van der Waals surface area contributed by atoms with E-state index in [0.717, 1.165) is 18.4 Å². The lowest BCUT2D eigenvalue weighted by molar-refractivity contribution is -0.145. The molecule has 2 N–H and O–H groups in total. The van der Waals surface area contributed by atoms with Crippen molar-refractivity contribution in [1.82, 2.24) is 10.2 Å². The lowest BCUT2D eigenvalue weighted by Crippen LogP contribution is -2.54. The molecule has 0 aromatic rings. The maximum absolute atomic E-state index is 11.6. The smallest absolute Gasteiger partial charge is 0.323 e. The number of carboxylic acids is 1. The van der Waals surface area contributed by atoms with E-state index in [1.165, 1.54) is 38.8 Å². The summed E-state index contributed by atoms with van der Waals surface area (Å²) in [5.74, 6) is 1.02. The number of carbonyl (C=O) groups is 1. The summed E-state index contributed by atoms with van der Waals surface area (Å²) in [6, 6.07) is 0.191. The van der Waals surface area contributed by atoms with E-state index in [1.807, 2.05) is 20.8 Å². The standard InChI is InChI=1S/C16H30N2O2/c1-12(2)17-16(3,15(19)20)8-9-18(10-13-4-5-13)11-14-6-7-14/h12-14,17H,4-11H2,1-3H3,(H,19,20). The highest BCUT2D eigenvalue weighted by Gasteiger charge is 2.35. The fourth-order valence-electron chi connectivity index (χ4n) is 2.85. The van der Waals surface area contributed by atoms with Gasteiger partial charge in [0.25, 0.3) is 0 Å². The van der Waals surface area contributed by atoms with Gasteiger partial charge in [0, 0.05) is 25.7 Å². The van der Waals surface area contributed by atoms with Crippen LogP contribution >= 0.6 is 0 Å². The second-order valence-electron chi connectivity index (χ2n) is 7.33. The molecule has 0 spiro atoms. The molecule has 2 saturated carbocycles. The van der Waals surface area contributed by atoms with Crippen molar-refractivity contribution < 1.29 is 9.90 Å². The first-order valence-electron chi connectivity index (χ1n) is 8.12. The van der Waals surface area contributed by atoms with Gasteiger partial charge in [-0.3, -0.25) is 10.1 Å². The van der Waals surface area contributed by atoms with Gasteiger partial charge in [0.1, 0.15) is 5.54 Å². The van der Waals surface area contributed by atoms with Crippen molar-refractivity contribution in [2.45, 2.75) is 64.5 Å². The van der Waals surface area contributed by atoms with Crippen LogP contribution in [0.2, 0.25) is 0 Å². The fourth-order valence-corrected chi connectivity index (χ4v) is 2.85. The van der Waals surface area contributed by atoms with Crippen LogP contribution in [0.15, 0.2) is 0 Å². The molecule has 4 nitrogen and oxygen atoms in total. The van der Waals surface area contributed by atoms with Gasteiger partial charge < -0.3 is 10.0 Å². The first kappa shape index (κ1) is 15.8. The van der Waals surface area contributed by atoms with Crippen molar-refractivity contribution in [3.63, 3.8) is 0 Å². The minimum absolute atomic E-state index is 0.191. The van der Waals surface area contributed by atoms with Gasteiger partial charge in [0.05, 0.1) is 0 Å². The monoisotopic (exact) mass is 282 g/mol. The van der Waals surface area contributed by atoms with E-state index >= 15 is 0 Å². The quantitative estimate of drug-likeness (QED) is 0.646. The highest BCUT2D eigenvalue weighted by atomic mass is 16.4. The van der Waals surface area contributed by atoms with Crippen molar-refractivity contribution in [1.29, 1.82) is 0 Å². The van der Waals surface area contributed by atoms with Gasteiger partial charge in [-0.25, -0.2) is 0 Å². The van der Waals surface area contributed by atoms with Gasteiger partial charge in [-0.2, -0.15) is 0 Å². The van der Waals surface area contributed by atoms with Gasteiger partial charge >= 0.3 is 5.97 Å². The summed E-state index contributed by atoms with van der Waals surface area (Å²) in [7, 11) is 0. The van der Waals surface area contributed by atoms with Crippen LogP contribution in [-0.4, -0.2) is 47.2 Å². The van der Waals surface area contributed by atoms with E-state index in [0.29, 0.717) is 6.42 Å². The lowest BCUT2D eigenvalue weighted by atomic mass is 9.96. The van der Waals surface area contributed by atoms with E-state index in [2.05, 4.69) is 10.2 Å².